The summed E-state index contributed by atoms with van der Waals surface area (Å²) >= 11 is 0. The Bertz CT molecular complexity index is 392. The van der Waals surface area contributed by atoms with Gasteiger partial charge in [0.25, 0.3) is 10.2 Å². The smallest absolute Gasteiger partial charge is 0.321 e. The minimum Gasteiger partial charge on any atom is -0.480 e. The molecule has 1 rings (SSSR count). The highest BCUT2D eigenvalue weighted by Gasteiger charge is 2.31. The molecule has 1 atom stereocenters. The van der Waals surface area contributed by atoms with Crippen LogP contribution in [0.3, 0.4) is 0 Å². The standard InChI is InChI=1S/C11H22N2O5S/c1-13(9-5-3-2-4-6-9)19(17,18)12-10(7-8-14)11(15)16/h9-10,12,14H,2-8H2,1H3,(H,15,16)/t10-/m1/s1. The van der Waals surface area contributed by atoms with E-state index in [-0.39, 0.29) is 19.1 Å². The van der Waals surface area contributed by atoms with E-state index in [0.717, 1.165) is 32.1 Å². The summed E-state index contributed by atoms with van der Waals surface area (Å²) in [6.07, 6.45) is 4.55. The van der Waals surface area contributed by atoms with Gasteiger partial charge in [-0.1, -0.05) is 19.3 Å². The molecule has 0 aromatic carbocycles. The quantitative estimate of drug-likeness (QED) is 0.609. The average Bonchev–Trinajstić information content (AvgIpc) is 2.38. The summed E-state index contributed by atoms with van der Waals surface area (Å²) in [5.41, 5.74) is 0. The Morgan fingerprint density at radius 3 is 2.42 bits per heavy atom. The van der Waals surface area contributed by atoms with E-state index in [2.05, 4.69) is 4.72 Å². The number of nitrogens with zero attached hydrogens (tertiary/aromatic N) is 1. The highest BCUT2D eigenvalue weighted by molar-refractivity contribution is 7.87. The summed E-state index contributed by atoms with van der Waals surface area (Å²) in [5.74, 6) is -1.28. The molecule has 1 aliphatic rings. The number of hydrogen-bond donors (Lipinski definition) is 3. The van der Waals surface area contributed by atoms with Crippen LogP contribution >= 0.6 is 0 Å². The molecule has 0 unspecified atom stereocenters. The molecule has 8 heteroatoms. The molecular formula is C11H22N2O5S. The van der Waals surface area contributed by atoms with E-state index in [1.165, 1.54) is 11.4 Å². The fraction of sp³-hybridized carbons (Fsp3) is 0.909. The van der Waals surface area contributed by atoms with E-state index in [0.29, 0.717) is 0 Å². The van der Waals surface area contributed by atoms with Gasteiger partial charge in [0.05, 0.1) is 0 Å². The molecule has 0 aliphatic heterocycles. The van der Waals surface area contributed by atoms with E-state index in [1.807, 2.05) is 0 Å². The minimum absolute atomic E-state index is 0.0742. The molecule has 1 fully saturated rings. The van der Waals surface area contributed by atoms with Crippen molar-refractivity contribution in [1.82, 2.24) is 9.03 Å². The molecule has 0 radical (unpaired) electrons. The zero-order chi connectivity index (χ0) is 14.5. The molecule has 3 N–H and O–H groups in total. The first-order chi connectivity index (χ1) is 8.88. The van der Waals surface area contributed by atoms with Crippen molar-refractivity contribution in [2.24, 2.45) is 0 Å². The van der Waals surface area contributed by atoms with Gasteiger partial charge in [0.1, 0.15) is 6.04 Å². The lowest BCUT2D eigenvalue weighted by Gasteiger charge is -2.31. The van der Waals surface area contributed by atoms with Gasteiger partial charge in [0, 0.05) is 19.7 Å². The van der Waals surface area contributed by atoms with Crippen LogP contribution in [-0.4, -0.2) is 54.6 Å². The number of aliphatic hydroxyl groups excluding tert-OH is 1. The van der Waals surface area contributed by atoms with Crippen LogP contribution in [0.15, 0.2) is 0 Å². The maximum absolute atomic E-state index is 12.1. The van der Waals surface area contributed by atoms with Gasteiger partial charge < -0.3 is 10.2 Å². The highest BCUT2D eigenvalue weighted by atomic mass is 32.2. The van der Waals surface area contributed by atoms with E-state index in [9.17, 15) is 13.2 Å². The van der Waals surface area contributed by atoms with Crippen molar-refractivity contribution in [3.8, 4) is 0 Å². The third-order valence-electron chi connectivity index (χ3n) is 3.48. The van der Waals surface area contributed by atoms with Crippen molar-refractivity contribution in [1.29, 1.82) is 0 Å². The Morgan fingerprint density at radius 1 is 1.37 bits per heavy atom. The summed E-state index contributed by atoms with van der Waals surface area (Å²) in [7, 11) is -2.37. The first-order valence-corrected chi connectivity index (χ1v) is 7.91. The normalized spacial score (nSPS) is 19.5. The Labute approximate surface area is 113 Å². The molecule has 0 aromatic heterocycles. The van der Waals surface area contributed by atoms with Crippen molar-refractivity contribution in [3.63, 3.8) is 0 Å². The largest absolute Gasteiger partial charge is 0.480 e. The second kappa shape index (κ2) is 7.18. The number of rotatable bonds is 7. The number of hydrogen-bond acceptors (Lipinski definition) is 4. The first-order valence-electron chi connectivity index (χ1n) is 6.47. The van der Waals surface area contributed by atoms with Crippen molar-refractivity contribution in [3.05, 3.63) is 0 Å². The Morgan fingerprint density at radius 2 is 1.95 bits per heavy atom. The van der Waals surface area contributed by atoms with Crippen molar-refractivity contribution in [2.45, 2.75) is 50.6 Å². The number of nitrogens with one attached hydrogen (secondary N) is 1. The highest BCUT2D eigenvalue weighted by Crippen LogP contribution is 2.23. The Balaban J connectivity index is 2.69. The summed E-state index contributed by atoms with van der Waals surface area (Å²) in [6, 6.07) is -1.36. The van der Waals surface area contributed by atoms with E-state index < -0.39 is 22.2 Å². The zero-order valence-corrected chi connectivity index (χ0v) is 11.9. The lowest BCUT2D eigenvalue weighted by atomic mass is 9.96. The molecule has 112 valence electrons. The molecule has 0 heterocycles. The number of aliphatic hydroxyl groups is 1. The monoisotopic (exact) mass is 294 g/mol. The fourth-order valence-corrected chi connectivity index (χ4v) is 3.61. The number of carboxylic acid groups (broad SMARTS) is 1. The average molecular weight is 294 g/mol. The number of carbonyl (C=O) groups is 1. The summed E-state index contributed by atoms with van der Waals surface area (Å²) in [4.78, 5) is 10.9. The van der Waals surface area contributed by atoms with Gasteiger partial charge in [-0.2, -0.15) is 17.4 Å². The number of carboxylic acids is 1. The topological polar surface area (TPSA) is 107 Å². The molecule has 19 heavy (non-hydrogen) atoms. The van der Waals surface area contributed by atoms with Gasteiger partial charge in [-0.15, -0.1) is 0 Å². The summed E-state index contributed by atoms with van der Waals surface area (Å²) in [6.45, 7) is -0.382. The van der Waals surface area contributed by atoms with Gasteiger partial charge in [0.2, 0.25) is 0 Å². The molecule has 0 saturated heterocycles. The Hall–Kier alpha value is -0.700. The molecule has 0 spiro atoms. The van der Waals surface area contributed by atoms with E-state index in [4.69, 9.17) is 10.2 Å². The van der Waals surface area contributed by atoms with Crippen LogP contribution < -0.4 is 4.72 Å². The van der Waals surface area contributed by atoms with Crippen LogP contribution in [0.2, 0.25) is 0 Å². The maximum Gasteiger partial charge on any atom is 0.321 e. The molecule has 7 nitrogen and oxygen atoms in total. The van der Waals surface area contributed by atoms with Gasteiger partial charge in [-0.25, -0.2) is 0 Å². The van der Waals surface area contributed by atoms with E-state index in [1.54, 1.807) is 0 Å². The van der Waals surface area contributed by atoms with Crippen molar-refractivity contribution < 1.29 is 23.4 Å². The zero-order valence-electron chi connectivity index (χ0n) is 11.1. The molecular weight excluding hydrogens is 272 g/mol. The lowest BCUT2D eigenvalue weighted by molar-refractivity contribution is -0.139. The Kier molecular flexibility index (Phi) is 6.18. The minimum atomic E-state index is -3.83. The van der Waals surface area contributed by atoms with Crippen LogP contribution in [0.25, 0.3) is 0 Å². The van der Waals surface area contributed by atoms with Crippen LogP contribution in [-0.2, 0) is 15.0 Å². The fourth-order valence-electron chi connectivity index (χ4n) is 2.27. The second-order valence-corrected chi connectivity index (χ2v) is 6.60. The third-order valence-corrected chi connectivity index (χ3v) is 5.11. The molecule has 0 amide bonds. The first kappa shape index (κ1) is 16.4. The second-order valence-electron chi connectivity index (χ2n) is 4.83. The van der Waals surface area contributed by atoms with Crippen molar-refractivity contribution >= 4 is 16.2 Å². The van der Waals surface area contributed by atoms with Crippen LogP contribution in [0, 0.1) is 0 Å². The summed E-state index contributed by atoms with van der Waals surface area (Å²) in [5, 5.41) is 17.7. The molecule has 1 aliphatic carbocycles. The van der Waals surface area contributed by atoms with Gasteiger partial charge >= 0.3 is 5.97 Å². The predicted octanol–water partition coefficient (Wildman–Crippen LogP) is -0.0791. The van der Waals surface area contributed by atoms with Gasteiger partial charge in [-0.3, -0.25) is 4.79 Å². The SMILES string of the molecule is CN(C1CCCCC1)S(=O)(=O)N[C@H](CCO)C(=O)O. The van der Waals surface area contributed by atoms with Crippen LogP contribution in [0.5, 0.6) is 0 Å². The number of aliphatic carboxylic acids is 1. The predicted molar refractivity (Wildman–Crippen MR) is 69.8 cm³/mol. The third kappa shape index (κ3) is 4.72. The summed E-state index contributed by atoms with van der Waals surface area (Å²) < 4.78 is 27.5. The van der Waals surface area contributed by atoms with Crippen LogP contribution in [0.4, 0.5) is 0 Å². The van der Waals surface area contributed by atoms with Crippen molar-refractivity contribution in [2.75, 3.05) is 13.7 Å². The van der Waals surface area contributed by atoms with E-state index >= 15 is 0 Å². The molecule has 0 bridgehead atoms. The van der Waals surface area contributed by atoms with Gasteiger partial charge in [0.15, 0.2) is 0 Å². The van der Waals surface area contributed by atoms with Gasteiger partial charge in [-0.05, 0) is 19.3 Å². The van der Waals surface area contributed by atoms with Crippen LogP contribution in [0.1, 0.15) is 38.5 Å². The maximum atomic E-state index is 12.1. The molecule has 0 aromatic rings. The molecule has 1 saturated carbocycles. The lowest BCUT2D eigenvalue weighted by Crippen LogP contribution is -2.50.